The van der Waals surface area contributed by atoms with Crippen molar-refractivity contribution in [1.29, 1.82) is 5.26 Å². The van der Waals surface area contributed by atoms with E-state index in [2.05, 4.69) is 45.5 Å². The molecule has 0 spiro atoms. The SMILES string of the molecule is N#Cc1ccccc1NC(=O)CN1CCCN(Cc2ccccc2)CC1. The molecular weight excluding hydrogens is 324 g/mol. The fourth-order valence-electron chi connectivity index (χ4n) is 3.26. The molecule has 0 bridgehead atoms. The maximum atomic E-state index is 12.4. The second-order valence-electron chi connectivity index (χ2n) is 6.60. The molecule has 26 heavy (non-hydrogen) atoms. The average molecular weight is 348 g/mol. The lowest BCUT2D eigenvalue weighted by Gasteiger charge is -2.21. The quantitative estimate of drug-likeness (QED) is 0.903. The first-order valence-electron chi connectivity index (χ1n) is 9.02. The predicted molar refractivity (Wildman–Crippen MR) is 103 cm³/mol. The molecule has 1 fully saturated rings. The fourth-order valence-corrected chi connectivity index (χ4v) is 3.26. The van der Waals surface area contributed by atoms with Crippen LogP contribution < -0.4 is 5.32 Å². The molecule has 1 amide bonds. The Morgan fingerprint density at radius 1 is 0.962 bits per heavy atom. The number of carbonyl (C=O) groups excluding carboxylic acids is 1. The van der Waals surface area contributed by atoms with Gasteiger partial charge in [-0.1, -0.05) is 42.5 Å². The summed E-state index contributed by atoms with van der Waals surface area (Å²) in [6.45, 7) is 5.11. The molecule has 2 aromatic carbocycles. The van der Waals surface area contributed by atoms with Gasteiger partial charge in [0.05, 0.1) is 17.8 Å². The normalized spacial score (nSPS) is 15.8. The molecule has 0 aromatic heterocycles. The Balaban J connectivity index is 1.50. The molecule has 1 N–H and O–H groups in total. The molecule has 2 aromatic rings. The van der Waals surface area contributed by atoms with Gasteiger partial charge in [-0.25, -0.2) is 0 Å². The van der Waals surface area contributed by atoms with Crippen molar-refractivity contribution in [3.8, 4) is 6.07 Å². The van der Waals surface area contributed by atoms with Crippen molar-refractivity contribution in [3.05, 3.63) is 65.7 Å². The number of hydrogen-bond donors (Lipinski definition) is 1. The Morgan fingerprint density at radius 3 is 2.46 bits per heavy atom. The van der Waals surface area contributed by atoms with E-state index in [-0.39, 0.29) is 5.91 Å². The summed E-state index contributed by atoms with van der Waals surface area (Å²) in [4.78, 5) is 17.0. The zero-order valence-electron chi connectivity index (χ0n) is 14.9. The number of benzene rings is 2. The molecule has 0 aliphatic carbocycles. The standard InChI is InChI=1S/C21H24N4O/c22-15-19-9-4-5-10-20(19)23-21(26)17-25-12-6-11-24(13-14-25)16-18-7-2-1-3-8-18/h1-5,7-10H,6,11-14,16-17H2,(H,23,26). The molecule has 1 saturated heterocycles. The third-order valence-corrected chi connectivity index (χ3v) is 4.62. The maximum absolute atomic E-state index is 12.4. The van der Waals surface area contributed by atoms with E-state index in [1.165, 1.54) is 5.56 Å². The second-order valence-corrected chi connectivity index (χ2v) is 6.60. The number of nitriles is 1. The number of hydrogen-bond acceptors (Lipinski definition) is 4. The summed E-state index contributed by atoms with van der Waals surface area (Å²) in [5.74, 6) is -0.0655. The van der Waals surface area contributed by atoms with Crippen molar-refractivity contribution in [2.24, 2.45) is 0 Å². The summed E-state index contributed by atoms with van der Waals surface area (Å²) in [5.41, 5.74) is 2.40. The van der Waals surface area contributed by atoms with Gasteiger partial charge in [-0.2, -0.15) is 5.26 Å². The Bertz CT molecular complexity index is 769. The molecule has 5 heteroatoms. The van der Waals surface area contributed by atoms with E-state index in [9.17, 15) is 4.79 Å². The van der Waals surface area contributed by atoms with Crippen LogP contribution in [0, 0.1) is 11.3 Å². The van der Waals surface area contributed by atoms with E-state index in [1.807, 2.05) is 12.1 Å². The van der Waals surface area contributed by atoms with Crippen molar-refractivity contribution in [3.63, 3.8) is 0 Å². The van der Waals surface area contributed by atoms with Crippen LogP contribution in [0.3, 0.4) is 0 Å². The first-order chi connectivity index (χ1) is 12.7. The average Bonchev–Trinajstić information content (AvgIpc) is 2.88. The van der Waals surface area contributed by atoms with Gasteiger partial charge in [0.1, 0.15) is 6.07 Å². The van der Waals surface area contributed by atoms with Gasteiger partial charge in [0.15, 0.2) is 0 Å². The van der Waals surface area contributed by atoms with Crippen LogP contribution in [0.2, 0.25) is 0 Å². The fraction of sp³-hybridized carbons (Fsp3) is 0.333. The number of nitrogens with zero attached hydrogens (tertiary/aromatic N) is 3. The first-order valence-corrected chi connectivity index (χ1v) is 9.02. The Morgan fingerprint density at radius 2 is 1.65 bits per heavy atom. The van der Waals surface area contributed by atoms with Crippen LogP contribution in [0.5, 0.6) is 0 Å². The molecule has 0 radical (unpaired) electrons. The minimum atomic E-state index is -0.0655. The Kier molecular flexibility index (Phi) is 6.37. The third kappa shape index (κ3) is 5.16. The number of para-hydroxylation sites is 1. The highest BCUT2D eigenvalue weighted by Crippen LogP contribution is 2.14. The topological polar surface area (TPSA) is 59.4 Å². The zero-order valence-corrected chi connectivity index (χ0v) is 14.9. The number of carbonyl (C=O) groups is 1. The summed E-state index contributed by atoms with van der Waals surface area (Å²) in [6, 6.07) is 19.7. The molecule has 0 atom stereocenters. The molecule has 3 rings (SSSR count). The van der Waals surface area contributed by atoms with Gasteiger partial charge in [0.2, 0.25) is 5.91 Å². The van der Waals surface area contributed by atoms with Gasteiger partial charge >= 0.3 is 0 Å². The molecule has 0 saturated carbocycles. The van der Waals surface area contributed by atoms with Crippen molar-refractivity contribution >= 4 is 11.6 Å². The largest absolute Gasteiger partial charge is 0.324 e. The first kappa shape index (κ1) is 18.1. The Hall–Kier alpha value is -2.68. The highest BCUT2D eigenvalue weighted by molar-refractivity contribution is 5.93. The van der Waals surface area contributed by atoms with Crippen LogP contribution >= 0.6 is 0 Å². The van der Waals surface area contributed by atoms with Gasteiger partial charge in [0, 0.05) is 19.6 Å². The smallest absolute Gasteiger partial charge is 0.238 e. The number of nitrogens with one attached hydrogen (secondary N) is 1. The van der Waals surface area contributed by atoms with Crippen LogP contribution in [0.1, 0.15) is 17.5 Å². The van der Waals surface area contributed by atoms with E-state index >= 15 is 0 Å². The van der Waals surface area contributed by atoms with E-state index in [1.54, 1.807) is 18.2 Å². The summed E-state index contributed by atoms with van der Waals surface area (Å²) >= 11 is 0. The lowest BCUT2D eigenvalue weighted by atomic mass is 10.2. The van der Waals surface area contributed by atoms with Crippen LogP contribution in [-0.2, 0) is 11.3 Å². The van der Waals surface area contributed by atoms with E-state index in [4.69, 9.17) is 5.26 Å². The van der Waals surface area contributed by atoms with Crippen LogP contribution in [-0.4, -0.2) is 48.4 Å². The molecule has 5 nitrogen and oxygen atoms in total. The minimum absolute atomic E-state index is 0.0655. The lowest BCUT2D eigenvalue weighted by Crippen LogP contribution is -2.36. The third-order valence-electron chi connectivity index (χ3n) is 4.62. The van der Waals surface area contributed by atoms with E-state index < -0.39 is 0 Å². The lowest BCUT2D eigenvalue weighted by molar-refractivity contribution is -0.117. The summed E-state index contributed by atoms with van der Waals surface area (Å²) in [7, 11) is 0. The van der Waals surface area contributed by atoms with E-state index in [0.717, 1.165) is 39.1 Å². The van der Waals surface area contributed by atoms with Crippen LogP contribution in [0.4, 0.5) is 5.69 Å². The molecule has 1 heterocycles. The van der Waals surface area contributed by atoms with Gasteiger partial charge in [-0.05, 0) is 37.2 Å². The molecule has 1 aliphatic rings. The number of anilines is 1. The minimum Gasteiger partial charge on any atom is -0.324 e. The Labute approximate surface area is 154 Å². The van der Waals surface area contributed by atoms with E-state index in [0.29, 0.717) is 17.8 Å². The summed E-state index contributed by atoms with van der Waals surface area (Å²) < 4.78 is 0. The molecule has 1 aliphatic heterocycles. The maximum Gasteiger partial charge on any atom is 0.238 e. The van der Waals surface area contributed by atoms with Crippen molar-refractivity contribution < 1.29 is 4.79 Å². The summed E-state index contributed by atoms with van der Waals surface area (Å²) in [6.07, 6.45) is 1.05. The van der Waals surface area contributed by atoms with Gasteiger partial charge in [-0.15, -0.1) is 0 Å². The summed E-state index contributed by atoms with van der Waals surface area (Å²) in [5, 5.41) is 12.0. The van der Waals surface area contributed by atoms with Gasteiger partial charge in [0.25, 0.3) is 0 Å². The van der Waals surface area contributed by atoms with Crippen molar-refractivity contribution in [2.75, 3.05) is 38.0 Å². The molecule has 134 valence electrons. The van der Waals surface area contributed by atoms with Gasteiger partial charge in [-0.3, -0.25) is 14.6 Å². The second kappa shape index (κ2) is 9.14. The molecular formula is C21H24N4O. The highest BCUT2D eigenvalue weighted by Gasteiger charge is 2.17. The number of amides is 1. The van der Waals surface area contributed by atoms with Crippen molar-refractivity contribution in [2.45, 2.75) is 13.0 Å². The predicted octanol–water partition coefficient (Wildman–Crippen LogP) is 2.70. The number of rotatable bonds is 5. The van der Waals surface area contributed by atoms with Crippen LogP contribution in [0.25, 0.3) is 0 Å². The monoisotopic (exact) mass is 348 g/mol. The van der Waals surface area contributed by atoms with Gasteiger partial charge < -0.3 is 5.32 Å². The van der Waals surface area contributed by atoms with Crippen LogP contribution in [0.15, 0.2) is 54.6 Å². The highest BCUT2D eigenvalue weighted by atomic mass is 16.2. The zero-order chi connectivity index (χ0) is 18.2. The van der Waals surface area contributed by atoms with Crippen molar-refractivity contribution in [1.82, 2.24) is 9.80 Å². The molecule has 0 unspecified atom stereocenters.